The maximum absolute atomic E-state index is 5.24. The number of anilines is 1. The van der Waals surface area contributed by atoms with Crippen LogP contribution in [-0.2, 0) is 6.42 Å². The molecule has 0 aliphatic rings. The Hall–Kier alpha value is -1.94. The Balaban J connectivity index is 1.67. The quantitative estimate of drug-likeness (QED) is 0.653. The lowest BCUT2D eigenvalue weighted by Gasteiger charge is -2.10. The molecule has 0 aliphatic heterocycles. The van der Waals surface area contributed by atoms with Crippen molar-refractivity contribution < 1.29 is 0 Å². The molecular formula is C16H19N3S. The van der Waals surface area contributed by atoms with Gasteiger partial charge in [-0.05, 0) is 49.7 Å². The first-order chi connectivity index (χ1) is 9.74. The number of hydrogen-bond acceptors (Lipinski definition) is 2. The van der Waals surface area contributed by atoms with Crippen molar-refractivity contribution in [3.8, 4) is 0 Å². The first-order valence-corrected chi connectivity index (χ1v) is 7.15. The van der Waals surface area contributed by atoms with Crippen molar-refractivity contribution in [3.63, 3.8) is 0 Å². The fourth-order valence-corrected chi connectivity index (χ4v) is 2.19. The van der Waals surface area contributed by atoms with Gasteiger partial charge < -0.3 is 10.6 Å². The highest BCUT2D eigenvalue weighted by atomic mass is 32.1. The van der Waals surface area contributed by atoms with Crippen molar-refractivity contribution in [2.24, 2.45) is 0 Å². The van der Waals surface area contributed by atoms with Crippen molar-refractivity contribution in [1.82, 2.24) is 10.3 Å². The monoisotopic (exact) mass is 285 g/mol. The largest absolute Gasteiger partial charge is 0.362 e. The zero-order chi connectivity index (χ0) is 14.2. The van der Waals surface area contributed by atoms with Gasteiger partial charge in [0.2, 0.25) is 0 Å². The molecule has 0 spiro atoms. The number of hydrogen-bond donors (Lipinski definition) is 2. The molecule has 20 heavy (non-hydrogen) atoms. The summed E-state index contributed by atoms with van der Waals surface area (Å²) in [6.07, 6.45) is 5.60. The molecule has 4 heteroatoms. The average Bonchev–Trinajstić information content (AvgIpc) is 2.45. The van der Waals surface area contributed by atoms with Crippen molar-refractivity contribution in [2.75, 3.05) is 11.9 Å². The minimum Gasteiger partial charge on any atom is -0.362 e. The Morgan fingerprint density at radius 2 is 2.00 bits per heavy atom. The zero-order valence-electron chi connectivity index (χ0n) is 11.6. The molecule has 2 rings (SSSR count). The number of aryl methyl sites for hydroxylation is 2. The van der Waals surface area contributed by atoms with Crippen LogP contribution < -0.4 is 10.6 Å². The van der Waals surface area contributed by atoms with Crippen LogP contribution >= 0.6 is 12.2 Å². The third-order valence-corrected chi connectivity index (χ3v) is 3.19. The van der Waals surface area contributed by atoms with Crippen LogP contribution in [0, 0.1) is 6.92 Å². The molecular weight excluding hydrogens is 266 g/mol. The van der Waals surface area contributed by atoms with E-state index in [0.717, 1.165) is 25.1 Å². The van der Waals surface area contributed by atoms with E-state index in [1.807, 2.05) is 12.1 Å². The number of rotatable bonds is 5. The number of aromatic nitrogens is 1. The third-order valence-electron chi connectivity index (χ3n) is 2.95. The molecule has 0 radical (unpaired) electrons. The van der Waals surface area contributed by atoms with E-state index in [2.05, 4.69) is 46.8 Å². The summed E-state index contributed by atoms with van der Waals surface area (Å²) < 4.78 is 0. The van der Waals surface area contributed by atoms with E-state index >= 15 is 0 Å². The van der Waals surface area contributed by atoms with Gasteiger partial charge in [0, 0.05) is 24.6 Å². The highest BCUT2D eigenvalue weighted by molar-refractivity contribution is 7.80. The van der Waals surface area contributed by atoms with Crippen molar-refractivity contribution in [1.29, 1.82) is 0 Å². The Bertz CT molecular complexity index is 555. The minimum atomic E-state index is 0.653. The number of benzene rings is 1. The lowest BCUT2D eigenvalue weighted by atomic mass is 10.1. The fraction of sp³-hybridized carbons (Fsp3) is 0.250. The summed E-state index contributed by atoms with van der Waals surface area (Å²) in [7, 11) is 0. The molecule has 0 aliphatic carbocycles. The SMILES string of the molecule is Cc1cccc(CCCNC(=S)Nc2ccncc2)c1. The van der Waals surface area contributed by atoms with E-state index in [0.29, 0.717) is 5.11 Å². The molecule has 0 fully saturated rings. The summed E-state index contributed by atoms with van der Waals surface area (Å²) in [6, 6.07) is 12.4. The van der Waals surface area contributed by atoms with Gasteiger partial charge >= 0.3 is 0 Å². The maximum atomic E-state index is 5.24. The van der Waals surface area contributed by atoms with E-state index in [9.17, 15) is 0 Å². The molecule has 2 aromatic rings. The summed E-state index contributed by atoms with van der Waals surface area (Å²) in [5.74, 6) is 0. The average molecular weight is 285 g/mol. The van der Waals surface area contributed by atoms with Gasteiger partial charge in [0.1, 0.15) is 0 Å². The molecule has 2 N–H and O–H groups in total. The van der Waals surface area contributed by atoms with Crippen molar-refractivity contribution >= 4 is 23.0 Å². The molecule has 1 heterocycles. The summed E-state index contributed by atoms with van der Waals surface area (Å²) in [5, 5.41) is 7.00. The highest BCUT2D eigenvalue weighted by Gasteiger charge is 1.97. The predicted molar refractivity (Wildman–Crippen MR) is 88.0 cm³/mol. The van der Waals surface area contributed by atoms with E-state index < -0.39 is 0 Å². The van der Waals surface area contributed by atoms with Gasteiger partial charge in [0.05, 0.1) is 0 Å². The molecule has 0 saturated carbocycles. The van der Waals surface area contributed by atoms with E-state index in [4.69, 9.17) is 12.2 Å². The number of thiocarbonyl (C=S) groups is 1. The Morgan fingerprint density at radius 1 is 1.20 bits per heavy atom. The molecule has 0 unspecified atom stereocenters. The minimum absolute atomic E-state index is 0.653. The molecule has 104 valence electrons. The van der Waals surface area contributed by atoms with Crippen LogP contribution in [0.15, 0.2) is 48.8 Å². The van der Waals surface area contributed by atoms with Crippen molar-refractivity contribution in [3.05, 3.63) is 59.9 Å². The third kappa shape index (κ3) is 4.97. The van der Waals surface area contributed by atoms with Gasteiger partial charge in [0.15, 0.2) is 5.11 Å². The highest BCUT2D eigenvalue weighted by Crippen LogP contribution is 2.06. The van der Waals surface area contributed by atoms with Gasteiger partial charge in [-0.2, -0.15) is 0 Å². The van der Waals surface area contributed by atoms with Crippen LogP contribution in [0.4, 0.5) is 5.69 Å². The Labute approximate surface area is 125 Å². The molecule has 0 bridgehead atoms. The molecule has 3 nitrogen and oxygen atoms in total. The standard InChI is InChI=1S/C16H19N3S/c1-13-4-2-5-14(12-13)6-3-9-18-16(20)19-15-7-10-17-11-8-15/h2,4-5,7-8,10-12H,3,6,9H2,1H3,(H2,17,18,19,20). The van der Waals surface area contributed by atoms with Crippen molar-refractivity contribution in [2.45, 2.75) is 19.8 Å². The van der Waals surface area contributed by atoms with E-state index in [1.54, 1.807) is 12.4 Å². The lowest BCUT2D eigenvalue weighted by molar-refractivity contribution is 0.777. The van der Waals surface area contributed by atoms with E-state index in [-0.39, 0.29) is 0 Å². The molecule has 0 atom stereocenters. The second kappa shape index (κ2) is 7.60. The van der Waals surface area contributed by atoms with Gasteiger partial charge in [0.25, 0.3) is 0 Å². The number of nitrogens with one attached hydrogen (secondary N) is 2. The Kier molecular flexibility index (Phi) is 5.50. The topological polar surface area (TPSA) is 37.0 Å². The van der Waals surface area contributed by atoms with Crippen LogP contribution in [0.5, 0.6) is 0 Å². The first-order valence-electron chi connectivity index (χ1n) is 6.74. The van der Waals surface area contributed by atoms with Crippen LogP contribution in [0.25, 0.3) is 0 Å². The summed E-state index contributed by atoms with van der Waals surface area (Å²) in [4.78, 5) is 3.97. The molecule has 1 aromatic heterocycles. The number of pyridine rings is 1. The zero-order valence-corrected chi connectivity index (χ0v) is 12.4. The Morgan fingerprint density at radius 3 is 2.75 bits per heavy atom. The summed E-state index contributed by atoms with van der Waals surface area (Å²) in [5.41, 5.74) is 3.64. The lowest BCUT2D eigenvalue weighted by Crippen LogP contribution is -2.29. The van der Waals surface area contributed by atoms with Gasteiger partial charge in [-0.15, -0.1) is 0 Å². The molecule has 0 amide bonds. The molecule has 1 aromatic carbocycles. The van der Waals surface area contributed by atoms with Crippen LogP contribution in [-0.4, -0.2) is 16.6 Å². The van der Waals surface area contributed by atoms with Crippen LogP contribution in [0.1, 0.15) is 17.5 Å². The molecule has 0 saturated heterocycles. The maximum Gasteiger partial charge on any atom is 0.170 e. The smallest absolute Gasteiger partial charge is 0.170 e. The normalized spacial score (nSPS) is 10.1. The van der Waals surface area contributed by atoms with Gasteiger partial charge in [-0.1, -0.05) is 29.8 Å². The number of nitrogens with zero attached hydrogens (tertiary/aromatic N) is 1. The summed E-state index contributed by atoms with van der Waals surface area (Å²) in [6.45, 7) is 2.99. The summed E-state index contributed by atoms with van der Waals surface area (Å²) >= 11 is 5.24. The second-order valence-electron chi connectivity index (χ2n) is 4.71. The van der Waals surface area contributed by atoms with Gasteiger partial charge in [-0.25, -0.2) is 0 Å². The predicted octanol–water partition coefficient (Wildman–Crippen LogP) is 3.31. The van der Waals surface area contributed by atoms with Gasteiger partial charge in [-0.3, -0.25) is 4.98 Å². The van der Waals surface area contributed by atoms with Crippen LogP contribution in [0.2, 0.25) is 0 Å². The first kappa shape index (κ1) is 14.5. The second-order valence-corrected chi connectivity index (χ2v) is 5.12. The fourth-order valence-electron chi connectivity index (χ4n) is 1.97. The van der Waals surface area contributed by atoms with E-state index in [1.165, 1.54) is 11.1 Å². The van der Waals surface area contributed by atoms with Crippen LogP contribution in [0.3, 0.4) is 0 Å².